The summed E-state index contributed by atoms with van der Waals surface area (Å²) in [5.41, 5.74) is -0.979. The van der Waals surface area contributed by atoms with Crippen molar-refractivity contribution in [1.29, 1.82) is 0 Å². The van der Waals surface area contributed by atoms with Gasteiger partial charge in [0.25, 0.3) is 0 Å². The molecular weight excluding hydrogens is 1010 g/mol. The molecule has 0 spiro atoms. The highest BCUT2D eigenvalue weighted by molar-refractivity contribution is 8.00. The van der Waals surface area contributed by atoms with Gasteiger partial charge in [-0.15, -0.1) is 23.5 Å². The van der Waals surface area contributed by atoms with Gasteiger partial charge in [0.05, 0.1) is 31.4 Å². The number of ether oxygens (including phenoxy) is 2. The number of likely N-dealkylation sites (tertiary alicyclic amines) is 1. The van der Waals surface area contributed by atoms with Crippen molar-refractivity contribution in [2.45, 2.75) is 152 Å². The number of hydrogen-bond donors (Lipinski definition) is 9. The Morgan fingerprint density at radius 1 is 0.811 bits per heavy atom. The van der Waals surface area contributed by atoms with Gasteiger partial charge in [-0.25, -0.2) is 12.7 Å². The predicted octanol–water partition coefficient (Wildman–Crippen LogP) is 0.237. The summed E-state index contributed by atoms with van der Waals surface area (Å²) in [6.07, 6.45) is 11.5. The molecule has 6 amide bonds. The molecule has 5 aliphatic heterocycles. The minimum Gasteiger partial charge on any atom is -0.391 e. The molecule has 7 fully saturated rings. The summed E-state index contributed by atoms with van der Waals surface area (Å²) in [6, 6.07) is -1.07. The van der Waals surface area contributed by atoms with E-state index < -0.39 is 63.9 Å². The Kier molecular flexibility index (Phi) is 21.6. The van der Waals surface area contributed by atoms with Crippen molar-refractivity contribution in [3.63, 3.8) is 0 Å². The number of amides is 6. The molecule has 420 valence electrons. The molecule has 0 bridgehead atoms. The molecule has 74 heavy (non-hydrogen) atoms. The van der Waals surface area contributed by atoms with Crippen LogP contribution in [0.1, 0.15) is 105 Å². The maximum atomic E-state index is 14.1. The molecule has 24 heteroatoms. The lowest BCUT2D eigenvalue weighted by molar-refractivity contribution is -0.145. The molecule has 2 aliphatic carbocycles. The SMILES string of the molecule is CC1NCSC1C1CCC(CNC(=O)[C@@H]2C[C@@H](O)CN2C(=O)[C@@H](NC(=O)COCC(=O)NCCOC2CC(C3CCCC(C4CSC(NC(=O)CNC(=O)C5CCN(S(C)(=O)=O)C5)N4)C3)CCN2)C(C)(C)C)CC1. The van der Waals surface area contributed by atoms with Gasteiger partial charge in [-0.2, -0.15) is 0 Å². The van der Waals surface area contributed by atoms with E-state index >= 15 is 0 Å². The molecule has 5 heterocycles. The summed E-state index contributed by atoms with van der Waals surface area (Å²) >= 11 is 3.67. The van der Waals surface area contributed by atoms with Crippen molar-refractivity contribution in [2.24, 2.45) is 40.9 Å². The number of nitrogens with one attached hydrogen (secondary N) is 8. The van der Waals surface area contributed by atoms with Crippen LogP contribution in [-0.4, -0.2) is 189 Å². The van der Waals surface area contributed by atoms with E-state index in [2.05, 4.69) is 49.5 Å². The number of carbonyl (C=O) groups excluding carboxylic acids is 6. The van der Waals surface area contributed by atoms with Gasteiger partial charge in [0.15, 0.2) is 0 Å². The fourth-order valence-electron chi connectivity index (χ4n) is 12.3. The Labute approximate surface area is 446 Å². The van der Waals surface area contributed by atoms with Gasteiger partial charge in [-0.05, 0) is 106 Å². The van der Waals surface area contributed by atoms with Crippen LogP contribution < -0.4 is 42.5 Å². The first-order valence-electron chi connectivity index (χ1n) is 27.2. The first-order valence-corrected chi connectivity index (χ1v) is 31.2. The van der Waals surface area contributed by atoms with Crippen molar-refractivity contribution in [3.8, 4) is 0 Å². The fourth-order valence-corrected chi connectivity index (χ4v) is 15.9. The average molecular weight is 1100 g/mol. The summed E-state index contributed by atoms with van der Waals surface area (Å²) < 4.78 is 36.5. The van der Waals surface area contributed by atoms with Crippen LogP contribution in [0.25, 0.3) is 0 Å². The quantitative estimate of drug-likeness (QED) is 0.0697. The molecule has 2 saturated carbocycles. The topological polar surface area (TPSA) is 278 Å². The molecule has 7 aliphatic rings. The zero-order valence-electron chi connectivity index (χ0n) is 44.2. The van der Waals surface area contributed by atoms with Gasteiger partial charge in [-0.3, -0.25) is 39.4 Å². The Bertz CT molecular complexity index is 2050. The fraction of sp³-hybridized carbons (Fsp3) is 0.880. The van der Waals surface area contributed by atoms with Crippen LogP contribution >= 0.6 is 23.5 Å². The number of aliphatic hydroxyl groups excluding tert-OH is 1. The molecule has 12 atom stereocenters. The standard InChI is InChI=1S/C50H86N10O11S3/c1-30-44(73-29-55-30)32-11-9-31(10-12-32)22-53-47(66)39-21-37(61)25-60(39)48(67)45(50(2,3)4)57-42(64)27-70-26-41(63)51-16-18-71-43-20-34(13-15-52-43)33-7-6-8-35(19-33)38-28-72-49(56-38)58-40(62)23-54-46(65)36-14-17-59(24-36)74(5,68)69/h30-39,43-45,49,52,55-56,61H,6-29H2,1-5H3,(H,51,63)(H,53,66)(H,54,65)(H,57,64)(H,58,62)/t30?,31?,32?,33?,34?,35?,36?,37-,38?,39+,43?,44?,45-,49?/m1/s1. The maximum Gasteiger partial charge on any atom is 0.246 e. The number of carbonyl (C=O) groups is 6. The second kappa shape index (κ2) is 27.2. The van der Waals surface area contributed by atoms with Crippen molar-refractivity contribution in [1.82, 2.24) is 51.7 Å². The number of nitrogens with zero attached hydrogens (tertiary/aromatic N) is 2. The third kappa shape index (κ3) is 16.8. The summed E-state index contributed by atoms with van der Waals surface area (Å²) in [7, 11) is -3.35. The predicted molar refractivity (Wildman–Crippen MR) is 283 cm³/mol. The van der Waals surface area contributed by atoms with Gasteiger partial charge in [0, 0.05) is 68.1 Å². The van der Waals surface area contributed by atoms with Gasteiger partial charge < -0.3 is 51.4 Å². The van der Waals surface area contributed by atoms with E-state index in [0.29, 0.717) is 67.0 Å². The summed E-state index contributed by atoms with van der Waals surface area (Å²) in [5, 5.41) is 36.2. The highest BCUT2D eigenvalue weighted by Gasteiger charge is 2.45. The van der Waals surface area contributed by atoms with E-state index in [0.717, 1.165) is 82.2 Å². The number of rotatable bonds is 21. The van der Waals surface area contributed by atoms with Crippen LogP contribution in [0.3, 0.4) is 0 Å². The summed E-state index contributed by atoms with van der Waals surface area (Å²) in [4.78, 5) is 80.2. The molecule has 21 nitrogen and oxygen atoms in total. The Morgan fingerprint density at radius 2 is 1.55 bits per heavy atom. The molecule has 9 unspecified atom stereocenters. The van der Waals surface area contributed by atoms with E-state index in [4.69, 9.17) is 9.47 Å². The number of β-amino-alcohol motifs (C(OH)–C–C–N with tert-alkyl or cyclic N) is 1. The average Bonchev–Trinajstić information content (AvgIpc) is 4.21. The molecule has 0 aromatic rings. The number of aliphatic hydroxyl groups is 1. The first kappa shape index (κ1) is 58.9. The second-order valence-corrected chi connectivity index (χ2v) is 27.3. The smallest absolute Gasteiger partial charge is 0.246 e. The van der Waals surface area contributed by atoms with E-state index in [1.807, 2.05) is 32.5 Å². The molecule has 9 N–H and O–H groups in total. The van der Waals surface area contributed by atoms with Gasteiger partial charge in [0.1, 0.15) is 37.0 Å². The van der Waals surface area contributed by atoms with Crippen molar-refractivity contribution in [2.75, 3.05) is 83.5 Å². The number of thioether (sulfide) groups is 2. The van der Waals surface area contributed by atoms with Crippen LogP contribution in [0.2, 0.25) is 0 Å². The van der Waals surface area contributed by atoms with E-state index in [1.165, 1.54) is 15.6 Å². The Hall–Kier alpha value is -2.81. The summed E-state index contributed by atoms with van der Waals surface area (Å²) in [6.45, 7) is 9.11. The first-order chi connectivity index (χ1) is 35.2. The van der Waals surface area contributed by atoms with Gasteiger partial charge in [-0.1, -0.05) is 33.6 Å². The third-order valence-corrected chi connectivity index (χ3v) is 20.4. The second-order valence-electron chi connectivity index (χ2n) is 23.1. The van der Waals surface area contributed by atoms with Crippen molar-refractivity contribution >= 4 is 69.0 Å². The zero-order valence-corrected chi connectivity index (χ0v) is 46.7. The molecule has 0 aromatic carbocycles. The van der Waals surface area contributed by atoms with Crippen molar-refractivity contribution < 1.29 is 51.8 Å². The van der Waals surface area contributed by atoms with E-state index in [1.54, 1.807) is 11.8 Å². The molecule has 7 rings (SSSR count). The van der Waals surface area contributed by atoms with Crippen LogP contribution in [0.4, 0.5) is 0 Å². The lowest BCUT2D eigenvalue weighted by Gasteiger charge is -2.40. The van der Waals surface area contributed by atoms with Gasteiger partial charge in [0.2, 0.25) is 45.5 Å². The molecule has 0 radical (unpaired) electrons. The normalized spacial score (nSPS) is 33.4. The highest BCUT2D eigenvalue weighted by atomic mass is 32.2. The zero-order chi connectivity index (χ0) is 53.2. The summed E-state index contributed by atoms with van der Waals surface area (Å²) in [5.74, 6) is 1.69. The third-order valence-electron chi connectivity index (χ3n) is 16.5. The van der Waals surface area contributed by atoms with Crippen LogP contribution in [0, 0.1) is 40.9 Å². The minimum absolute atomic E-state index is 0.00829. The highest BCUT2D eigenvalue weighted by Crippen LogP contribution is 2.42. The molecule has 5 saturated heterocycles. The maximum absolute atomic E-state index is 14.1. The van der Waals surface area contributed by atoms with Crippen molar-refractivity contribution in [3.05, 3.63) is 0 Å². The van der Waals surface area contributed by atoms with E-state index in [9.17, 15) is 42.3 Å². The van der Waals surface area contributed by atoms with Crippen LogP contribution in [0.15, 0.2) is 0 Å². The Morgan fingerprint density at radius 3 is 2.27 bits per heavy atom. The number of sulfonamides is 1. The van der Waals surface area contributed by atoms with Crippen LogP contribution in [0.5, 0.6) is 0 Å². The largest absolute Gasteiger partial charge is 0.391 e. The van der Waals surface area contributed by atoms with Crippen LogP contribution in [-0.2, 0) is 48.3 Å². The number of piperidine rings is 1. The minimum atomic E-state index is -3.35. The van der Waals surface area contributed by atoms with E-state index in [-0.39, 0.29) is 74.7 Å². The Balaban J connectivity index is 0.749. The molecule has 0 aromatic heterocycles. The van der Waals surface area contributed by atoms with Gasteiger partial charge >= 0.3 is 0 Å². The number of hydrogen-bond acceptors (Lipinski definition) is 16. The lowest BCUT2D eigenvalue weighted by Crippen LogP contribution is -2.58. The monoisotopic (exact) mass is 1100 g/mol. The molecular formula is C50H86N10O11S3. The lowest BCUT2D eigenvalue weighted by atomic mass is 9.70.